The Morgan fingerprint density at radius 2 is 1.56 bits per heavy atom. The van der Waals surface area contributed by atoms with Crippen molar-refractivity contribution in [3.8, 4) is 0 Å². The lowest BCUT2D eigenvalue weighted by Gasteiger charge is -2.33. The first-order valence-corrected chi connectivity index (χ1v) is 14.3. The number of aliphatic hydroxyl groups is 2. The van der Waals surface area contributed by atoms with Crippen LogP contribution in [0.3, 0.4) is 0 Å². The number of hydrogen-bond donors (Lipinski definition) is 5. The molecule has 4 aliphatic heterocycles. The van der Waals surface area contributed by atoms with Gasteiger partial charge in [-0.2, -0.15) is 9.97 Å². The monoisotopic (exact) mass is 588 g/mol. The molecule has 6 heterocycles. The molecule has 2 aromatic heterocycles. The van der Waals surface area contributed by atoms with E-state index in [4.69, 9.17) is 51.3 Å². The Bertz CT molecular complexity index is 1460. The molecule has 0 radical (unpaired) electrons. The van der Waals surface area contributed by atoms with Crippen LogP contribution in [0, 0.1) is 0 Å². The predicted molar refractivity (Wildman–Crippen MR) is 131 cm³/mol. The van der Waals surface area contributed by atoms with Crippen LogP contribution in [-0.2, 0) is 39.8 Å². The summed E-state index contributed by atoms with van der Waals surface area (Å²) in [6.07, 6.45) is -3.61. The van der Waals surface area contributed by atoms with Crippen molar-refractivity contribution in [2.75, 3.05) is 37.9 Å². The Hall–Kier alpha value is -2.35. The molecule has 6 rings (SSSR count). The van der Waals surface area contributed by atoms with E-state index in [2.05, 4.69) is 9.97 Å². The van der Waals surface area contributed by atoms with Gasteiger partial charge in [0.2, 0.25) is 0 Å². The Kier molecular flexibility index (Phi) is 6.44. The van der Waals surface area contributed by atoms with Crippen molar-refractivity contribution in [1.29, 1.82) is 0 Å². The van der Waals surface area contributed by atoms with Crippen molar-refractivity contribution in [1.82, 2.24) is 19.1 Å². The minimum atomic E-state index is -4.10. The number of aromatic nitrogens is 4. The van der Waals surface area contributed by atoms with E-state index < -0.39 is 79.4 Å². The number of nitrogens with two attached hydrogens (primary N) is 2. The fourth-order valence-corrected chi connectivity index (χ4v) is 6.71. The largest absolute Gasteiger partial charge is 0.393 e. The van der Waals surface area contributed by atoms with Crippen molar-refractivity contribution in [2.24, 2.45) is 0 Å². The van der Waals surface area contributed by atoms with E-state index in [0.29, 0.717) is 0 Å². The third-order valence-electron chi connectivity index (χ3n) is 7.22. The van der Waals surface area contributed by atoms with Crippen molar-refractivity contribution in [3.63, 3.8) is 0 Å². The third kappa shape index (κ3) is 4.32. The summed E-state index contributed by atoms with van der Waals surface area (Å²) in [6.45, 7) is -5.35. The second kappa shape index (κ2) is 9.35. The maximum atomic E-state index is 12.4. The van der Waals surface area contributed by atoms with Gasteiger partial charge >= 0.3 is 18.1 Å². The molecule has 2 aromatic rings. The van der Waals surface area contributed by atoms with Crippen LogP contribution >= 0.6 is 6.72 Å². The average molecular weight is 588 g/mol. The van der Waals surface area contributed by atoms with Gasteiger partial charge in [-0.1, -0.05) is 0 Å². The summed E-state index contributed by atoms with van der Waals surface area (Å²) in [5.41, 5.74) is 6.75. The molecule has 0 amide bonds. The molecule has 4 saturated heterocycles. The van der Waals surface area contributed by atoms with Gasteiger partial charge in [-0.15, -0.1) is 0 Å². The van der Waals surface area contributed by atoms with Gasteiger partial charge < -0.3 is 50.0 Å². The number of hydrogen-bond acceptors (Lipinski definition) is 15. The van der Waals surface area contributed by atoms with E-state index in [-0.39, 0.29) is 24.8 Å². The summed E-state index contributed by atoms with van der Waals surface area (Å²) in [6, 6.07) is 2.79. The van der Waals surface area contributed by atoms with Crippen molar-refractivity contribution in [3.05, 3.63) is 45.5 Å². The number of nitrogen functional groups attached to an aromatic ring is 2. The summed E-state index contributed by atoms with van der Waals surface area (Å²) in [5, 5.41) is 21.0. The Labute approximate surface area is 224 Å². The van der Waals surface area contributed by atoms with Gasteiger partial charge in [0.1, 0.15) is 47.3 Å². The molecular weight excluding hydrogens is 563 g/mol. The maximum absolute atomic E-state index is 12.4. The van der Waals surface area contributed by atoms with Crippen LogP contribution in [0.4, 0.5) is 11.6 Å². The predicted octanol–water partition coefficient (Wildman–Crippen LogP) is -3.03. The van der Waals surface area contributed by atoms with E-state index in [1.807, 2.05) is 0 Å². The van der Waals surface area contributed by atoms with Crippen LogP contribution in [0.25, 0.3) is 0 Å². The molecule has 4 fully saturated rings. The van der Waals surface area contributed by atoms with Crippen LogP contribution < -0.4 is 22.8 Å². The zero-order valence-corrected chi connectivity index (χ0v) is 21.7. The Morgan fingerprint density at radius 1 is 1.03 bits per heavy atom. The molecule has 0 spiro atoms. The molecule has 4 aliphatic rings. The fraction of sp³-hybridized carbons (Fsp3) is 0.600. The molecule has 17 nitrogen and oxygen atoms in total. The minimum absolute atomic E-state index is 0.0119. The lowest BCUT2D eigenvalue weighted by molar-refractivity contribution is -0.188. The number of nitrogens with zero attached hydrogens (tertiary/aromatic N) is 4. The summed E-state index contributed by atoms with van der Waals surface area (Å²) in [4.78, 5) is 42.9. The molecule has 4 bridgehead atoms. The highest BCUT2D eigenvalue weighted by molar-refractivity contribution is 8.07. The summed E-state index contributed by atoms with van der Waals surface area (Å²) in [5.74, 6) is 0.0316. The van der Waals surface area contributed by atoms with Crippen molar-refractivity contribution in [2.45, 2.75) is 48.1 Å². The highest BCUT2D eigenvalue weighted by atomic mass is 32.5. The standard InChI is InChI=1S/C20H25N6O11PS/c21-9-1-3-25(17(29)23-9)15-11-13(28)20(36-15,7-32-11)8-34-38(31,39)37-14-12-16(35-19(14,5-27)6-33-12)26-4-2-10(22)24-18(26)30/h1-4,11-16,27-28H,5-8H2,(H,31,39)(H2,21,23,29)(H2,22,24,30)/t11?,12?,13?,14?,15-,16-,19-,20+,38?/m1/s1. The van der Waals surface area contributed by atoms with Crippen LogP contribution in [0.15, 0.2) is 34.1 Å². The normalized spacial score (nSPS) is 38.3. The van der Waals surface area contributed by atoms with E-state index in [1.165, 1.54) is 24.5 Å². The molecule has 39 heavy (non-hydrogen) atoms. The molecule has 0 saturated carbocycles. The SMILES string of the molecule is Nc1ccn([C@@H]2O[C@]3(COP(O)(=S)OC4C5OC[C@@]4(CO)O[C@H]5n4ccc(N)nc4=O)COC2C3O)c(=O)n1. The van der Waals surface area contributed by atoms with E-state index >= 15 is 0 Å². The van der Waals surface area contributed by atoms with Gasteiger partial charge in [-0.25, -0.2) is 9.59 Å². The highest BCUT2D eigenvalue weighted by Gasteiger charge is 2.65. The highest BCUT2D eigenvalue weighted by Crippen LogP contribution is 2.56. The van der Waals surface area contributed by atoms with Crippen LogP contribution in [0.1, 0.15) is 12.5 Å². The second-order valence-electron chi connectivity index (χ2n) is 9.65. The number of anilines is 2. The average Bonchev–Trinajstić information content (AvgIpc) is 3.57. The zero-order valence-electron chi connectivity index (χ0n) is 20.0. The smallest absolute Gasteiger partial charge is 0.351 e. The summed E-state index contributed by atoms with van der Waals surface area (Å²) < 4.78 is 36.9. The van der Waals surface area contributed by atoms with Gasteiger partial charge in [0.15, 0.2) is 12.5 Å². The lowest BCUT2D eigenvalue weighted by Crippen LogP contribution is -2.46. The molecule has 0 aliphatic carbocycles. The zero-order chi connectivity index (χ0) is 27.7. The second-order valence-corrected chi connectivity index (χ2v) is 12.4. The van der Waals surface area contributed by atoms with E-state index in [1.54, 1.807) is 0 Å². The van der Waals surface area contributed by atoms with Crippen LogP contribution in [0.5, 0.6) is 0 Å². The molecule has 19 heteroatoms. The minimum Gasteiger partial charge on any atom is -0.393 e. The van der Waals surface area contributed by atoms with E-state index in [0.717, 1.165) is 9.13 Å². The first-order valence-electron chi connectivity index (χ1n) is 11.7. The number of rotatable bonds is 8. The summed E-state index contributed by atoms with van der Waals surface area (Å²) in [7, 11) is 0. The van der Waals surface area contributed by atoms with Gasteiger partial charge in [0.05, 0.1) is 26.4 Å². The van der Waals surface area contributed by atoms with Crippen molar-refractivity contribution >= 4 is 30.2 Å². The van der Waals surface area contributed by atoms with Gasteiger partial charge in [-0.05, 0) is 23.9 Å². The third-order valence-corrected chi connectivity index (χ3v) is 8.74. The van der Waals surface area contributed by atoms with Crippen LogP contribution in [-0.4, -0.2) is 96.3 Å². The van der Waals surface area contributed by atoms with E-state index in [9.17, 15) is 24.7 Å². The first-order chi connectivity index (χ1) is 18.5. The Morgan fingerprint density at radius 3 is 2.15 bits per heavy atom. The van der Waals surface area contributed by atoms with Gasteiger partial charge in [-0.3, -0.25) is 13.7 Å². The Balaban J connectivity index is 1.18. The molecular formula is C20H25N6O11PS. The quantitative estimate of drug-likeness (QED) is 0.193. The number of ether oxygens (including phenoxy) is 4. The van der Waals surface area contributed by atoms with Gasteiger partial charge in [0, 0.05) is 12.4 Å². The number of aliphatic hydroxyl groups excluding tert-OH is 2. The molecule has 212 valence electrons. The van der Waals surface area contributed by atoms with Gasteiger partial charge in [0.25, 0.3) is 0 Å². The van der Waals surface area contributed by atoms with Crippen molar-refractivity contribution < 1.29 is 43.1 Å². The maximum Gasteiger partial charge on any atom is 0.351 e. The van der Waals surface area contributed by atoms with Crippen LogP contribution in [0.2, 0.25) is 0 Å². The summed E-state index contributed by atoms with van der Waals surface area (Å²) >= 11 is 5.23. The lowest BCUT2D eigenvalue weighted by atomic mass is 10.0. The fourth-order valence-electron chi connectivity index (χ4n) is 5.23. The molecule has 0 aromatic carbocycles. The first kappa shape index (κ1) is 26.9. The number of fused-ring (bicyclic) bond motifs is 4. The topological polar surface area (TPSA) is 238 Å². The molecule has 9 atom stereocenters. The molecule has 7 N–H and O–H groups in total. The molecule has 5 unspecified atom stereocenters.